The van der Waals surface area contributed by atoms with Gasteiger partial charge in [-0.25, -0.2) is 9.79 Å². The maximum atomic E-state index is 12.6. The number of hydrogen-bond acceptors (Lipinski definition) is 3. The summed E-state index contributed by atoms with van der Waals surface area (Å²) in [5.41, 5.74) is 1.00. The Morgan fingerprint density at radius 3 is 2.79 bits per heavy atom. The third-order valence-electron chi connectivity index (χ3n) is 4.24. The molecule has 0 spiro atoms. The van der Waals surface area contributed by atoms with E-state index >= 15 is 0 Å². The summed E-state index contributed by atoms with van der Waals surface area (Å²) < 4.78 is 0. The van der Waals surface area contributed by atoms with Gasteiger partial charge in [0, 0.05) is 20.6 Å². The molecule has 1 aromatic carbocycles. The van der Waals surface area contributed by atoms with Gasteiger partial charge in [-0.05, 0) is 18.4 Å². The van der Waals surface area contributed by atoms with Gasteiger partial charge in [0.05, 0.1) is 12.4 Å². The Bertz CT molecular complexity index is 632. The number of fused-ring (bicyclic) bond motifs is 2. The third kappa shape index (κ3) is 3.41. The summed E-state index contributed by atoms with van der Waals surface area (Å²) in [4.78, 5) is 37.7. The van der Waals surface area contributed by atoms with Crippen LogP contribution in [0, 0.1) is 0 Å². The Hall–Kier alpha value is -2.41. The summed E-state index contributed by atoms with van der Waals surface area (Å²) in [5.74, 6) is -0.277. The summed E-state index contributed by atoms with van der Waals surface area (Å²) in [6.45, 7) is 0.857. The van der Waals surface area contributed by atoms with Gasteiger partial charge in [0.1, 0.15) is 12.6 Å². The quantitative estimate of drug-likeness (QED) is 0.606. The Morgan fingerprint density at radius 2 is 2.08 bits per heavy atom. The molecule has 2 aliphatic rings. The highest BCUT2D eigenvalue weighted by Gasteiger charge is 2.47. The molecule has 0 N–H and O–H groups in total. The molecule has 3 rings (SSSR count). The van der Waals surface area contributed by atoms with E-state index in [9.17, 15) is 9.59 Å². The Kier molecular flexibility index (Phi) is 4.80. The zero-order valence-electron chi connectivity index (χ0n) is 14.0. The van der Waals surface area contributed by atoms with E-state index in [4.69, 9.17) is 4.84 Å². The van der Waals surface area contributed by atoms with Gasteiger partial charge in [-0.1, -0.05) is 30.3 Å². The van der Waals surface area contributed by atoms with Crippen LogP contribution in [0.3, 0.4) is 0 Å². The first kappa shape index (κ1) is 16.4. The number of carbonyl (C=O) groups excluding carboxylic acids is 2. The van der Waals surface area contributed by atoms with Gasteiger partial charge in [0.2, 0.25) is 0 Å². The van der Waals surface area contributed by atoms with Crippen molar-refractivity contribution in [3.63, 3.8) is 0 Å². The highest BCUT2D eigenvalue weighted by molar-refractivity contribution is 5.92. The number of hydroxylamine groups is 2. The average molecular weight is 330 g/mol. The van der Waals surface area contributed by atoms with Crippen LogP contribution in [0.25, 0.3) is 0 Å². The molecule has 7 nitrogen and oxygen atoms in total. The van der Waals surface area contributed by atoms with Crippen molar-refractivity contribution in [2.24, 2.45) is 4.99 Å². The number of rotatable bonds is 5. The number of hydrogen-bond donors (Lipinski definition) is 0. The molecular formula is C17H22N4O3. The molecule has 2 heterocycles. The van der Waals surface area contributed by atoms with E-state index in [1.807, 2.05) is 30.3 Å². The molecule has 0 unspecified atom stereocenters. The van der Waals surface area contributed by atoms with Crippen LogP contribution in [0.4, 0.5) is 4.79 Å². The highest BCUT2D eigenvalue weighted by Crippen LogP contribution is 2.31. The highest BCUT2D eigenvalue weighted by atomic mass is 16.7. The second-order valence-corrected chi connectivity index (χ2v) is 6.31. The van der Waals surface area contributed by atoms with E-state index in [0.717, 1.165) is 12.0 Å². The summed E-state index contributed by atoms with van der Waals surface area (Å²) in [6, 6.07) is 8.98. The van der Waals surface area contributed by atoms with Crippen LogP contribution in [-0.4, -0.2) is 65.9 Å². The molecule has 7 heteroatoms. The van der Waals surface area contributed by atoms with Crippen LogP contribution in [0.1, 0.15) is 18.4 Å². The molecule has 2 atom stereocenters. The molecule has 3 amide bonds. The molecule has 0 radical (unpaired) electrons. The molecule has 1 aromatic rings. The maximum absolute atomic E-state index is 12.6. The fraction of sp³-hybridized carbons (Fsp3) is 0.471. The van der Waals surface area contributed by atoms with Gasteiger partial charge in [-0.15, -0.1) is 0 Å². The van der Waals surface area contributed by atoms with E-state index in [0.29, 0.717) is 19.6 Å². The number of amides is 3. The normalized spacial score (nSPS) is 23.2. The van der Waals surface area contributed by atoms with Crippen molar-refractivity contribution in [3.05, 3.63) is 35.9 Å². The summed E-state index contributed by atoms with van der Waals surface area (Å²) in [6.07, 6.45) is 2.83. The third-order valence-corrected chi connectivity index (χ3v) is 4.24. The van der Waals surface area contributed by atoms with Crippen LogP contribution in [0.5, 0.6) is 0 Å². The van der Waals surface area contributed by atoms with Gasteiger partial charge in [0.15, 0.2) is 0 Å². The van der Waals surface area contributed by atoms with E-state index < -0.39 is 6.04 Å². The predicted octanol–water partition coefficient (Wildman–Crippen LogP) is 1.50. The van der Waals surface area contributed by atoms with Crippen LogP contribution in [0.2, 0.25) is 0 Å². The minimum atomic E-state index is -0.490. The minimum Gasteiger partial charge on any atom is -0.369 e. The zero-order chi connectivity index (χ0) is 17.1. The van der Waals surface area contributed by atoms with Crippen molar-refractivity contribution in [2.75, 3.05) is 20.6 Å². The van der Waals surface area contributed by atoms with E-state index in [1.165, 1.54) is 11.4 Å². The SMILES string of the molecule is CN(C)C=NC(=O)[C@@H]1CC[C@@H]2CN1C(=O)N2OCc1ccccc1. The Morgan fingerprint density at radius 1 is 1.33 bits per heavy atom. The number of urea groups is 1. The lowest BCUT2D eigenvalue weighted by molar-refractivity contribution is -0.140. The van der Waals surface area contributed by atoms with Crippen molar-refractivity contribution in [3.8, 4) is 0 Å². The first-order valence-corrected chi connectivity index (χ1v) is 8.07. The Balaban J connectivity index is 1.63. The lowest BCUT2D eigenvalue weighted by Crippen LogP contribution is -2.44. The van der Waals surface area contributed by atoms with Crippen molar-refractivity contribution in [1.82, 2.24) is 14.9 Å². The number of aliphatic imine (C=N–C) groups is 1. The average Bonchev–Trinajstić information content (AvgIpc) is 2.83. The predicted molar refractivity (Wildman–Crippen MR) is 89.2 cm³/mol. The number of nitrogens with zero attached hydrogens (tertiary/aromatic N) is 4. The van der Waals surface area contributed by atoms with Gasteiger partial charge in [0.25, 0.3) is 5.91 Å². The smallest absolute Gasteiger partial charge is 0.345 e. The fourth-order valence-electron chi connectivity index (χ4n) is 3.03. The summed E-state index contributed by atoms with van der Waals surface area (Å²) in [5, 5.41) is 1.43. The van der Waals surface area contributed by atoms with E-state index in [-0.39, 0.29) is 18.0 Å². The van der Waals surface area contributed by atoms with Crippen molar-refractivity contribution < 1.29 is 14.4 Å². The summed E-state index contributed by atoms with van der Waals surface area (Å²) in [7, 11) is 3.60. The van der Waals surface area contributed by atoms with Crippen LogP contribution in [0.15, 0.2) is 35.3 Å². The molecule has 0 saturated carbocycles. The fourth-order valence-corrected chi connectivity index (χ4v) is 3.03. The van der Waals surface area contributed by atoms with Gasteiger partial charge < -0.3 is 9.80 Å². The Labute approximate surface area is 141 Å². The van der Waals surface area contributed by atoms with E-state index in [1.54, 1.807) is 23.9 Å². The maximum Gasteiger partial charge on any atom is 0.345 e. The first-order chi connectivity index (χ1) is 11.6. The lowest BCUT2D eigenvalue weighted by atomic mass is 10.0. The second-order valence-electron chi connectivity index (χ2n) is 6.31. The molecule has 2 bridgehead atoms. The zero-order valence-corrected chi connectivity index (χ0v) is 14.0. The molecule has 2 saturated heterocycles. The van der Waals surface area contributed by atoms with Gasteiger partial charge in [-0.2, -0.15) is 5.06 Å². The van der Waals surface area contributed by atoms with Gasteiger partial charge in [-0.3, -0.25) is 9.63 Å². The van der Waals surface area contributed by atoms with Crippen molar-refractivity contribution in [2.45, 2.75) is 31.5 Å². The second kappa shape index (κ2) is 7.00. The molecule has 2 fully saturated rings. The number of carbonyl (C=O) groups is 2. The topological polar surface area (TPSA) is 65.5 Å². The standard InChI is InChI=1S/C17H22N4O3/c1-19(2)12-18-16(22)15-9-8-14-10-20(15)17(23)21(14)24-11-13-6-4-3-5-7-13/h3-7,12,14-15H,8-11H2,1-2H3/t14-,15+/m1/s1. The van der Waals surface area contributed by atoms with Crippen molar-refractivity contribution >= 4 is 18.3 Å². The van der Waals surface area contributed by atoms with Crippen LogP contribution >= 0.6 is 0 Å². The van der Waals surface area contributed by atoms with Crippen LogP contribution in [-0.2, 0) is 16.2 Å². The first-order valence-electron chi connectivity index (χ1n) is 8.07. The lowest BCUT2D eigenvalue weighted by Gasteiger charge is -2.27. The van der Waals surface area contributed by atoms with Gasteiger partial charge >= 0.3 is 6.03 Å². The molecule has 2 aliphatic heterocycles. The molecule has 0 aromatic heterocycles. The molecule has 128 valence electrons. The largest absolute Gasteiger partial charge is 0.369 e. The van der Waals surface area contributed by atoms with Crippen LogP contribution < -0.4 is 0 Å². The molecule has 24 heavy (non-hydrogen) atoms. The van der Waals surface area contributed by atoms with Crippen molar-refractivity contribution in [1.29, 1.82) is 0 Å². The number of benzene rings is 1. The van der Waals surface area contributed by atoms with E-state index in [2.05, 4.69) is 4.99 Å². The summed E-state index contributed by atoms with van der Waals surface area (Å²) >= 11 is 0. The molecule has 0 aliphatic carbocycles. The monoisotopic (exact) mass is 330 g/mol. The molecular weight excluding hydrogens is 308 g/mol. The number of piperidine rings is 1. The minimum absolute atomic E-state index is 0.00286.